The summed E-state index contributed by atoms with van der Waals surface area (Å²) in [6, 6.07) is 8.49. The quantitative estimate of drug-likeness (QED) is 0.639. The third-order valence-electron chi connectivity index (χ3n) is 3.47. The van der Waals surface area contributed by atoms with Gasteiger partial charge in [0.25, 0.3) is 0 Å². The van der Waals surface area contributed by atoms with Crippen LogP contribution in [-0.4, -0.2) is 32.2 Å². The van der Waals surface area contributed by atoms with Gasteiger partial charge in [-0.2, -0.15) is 5.10 Å². The fourth-order valence-corrected chi connectivity index (χ4v) is 2.85. The molecule has 0 aliphatic carbocycles. The van der Waals surface area contributed by atoms with E-state index >= 15 is 0 Å². The Morgan fingerprint density at radius 1 is 1.22 bits per heavy atom. The molecule has 0 unspecified atom stereocenters. The van der Waals surface area contributed by atoms with E-state index in [0.29, 0.717) is 10.2 Å². The van der Waals surface area contributed by atoms with Crippen LogP contribution in [-0.2, 0) is 0 Å². The van der Waals surface area contributed by atoms with Crippen LogP contribution < -0.4 is 4.74 Å². The molecule has 0 fully saturated rings. The molecule has 3 rings (SSSR count). The number of benzene rings is 1. The normalized spacial score (nSPS) is 11.4. The third-order valence-corrected chi connectivity index (χ3v) is 3.93. The van der Waals surface area contributed by atoms with Crippen LogP contribution in [0, 0.1) is 6.92 Å². The molecule has 0 radical (unpaired) electrons. The van der Waals surface area contributed by atoms with Gasteiger partial charge in [0.15, 0.2) is 5.69 Å². The molecular formula is C17H11BrF3N3O3. The number of carbonyl (C=O) groups is 1. The summed E-state index contributed by atoms with van der Waals surface area (Å²) in [6.45, 7) is 1.78. The SMILES string of the molecule is Cc1ccc(-n2nc(C(=O)O)cc2-c2cc(Br)cc(OC(F)(F)F)c2)cn1. The molecule has 10 heteroatoms. The lowest BCUT2D eigenvalue weighted by Crippen LogP contribution is -2.17. The lowest BCUT2D eigenvalue weighted by molar-refractivity contribution is -0.274. The van der Waals surface area contributed by atoms with Gasteiger partial charge in [-0.05, 0) is 43.3 Å². The number of aryl methyl sites for hydroxylation is 1. The first-order valence-electron chi connectivity index (χ1n) is 7.45. The van der Waals surface area contributed by atoms with Gasteiger partial charge in [0.2, 0.25) is 0 Å². The fraction of sp³-hybridized carbons (Fsp3) is 0.118. The largest absolute Gasteiger partial charge is 0.573 e. The molecule has 0 spiro atoms. The first-order valence-corrected chi connectivity index (χ1v) is 8.25. The maximum atomic E-state index is 12.6. The average Bonchev–Trinajstić information content (AvgIpc) is 2.99. The number of carboxylic acid groups (broad SMARTS) is 1. The van der Waals surface area contributed by atoms with E-state index in [1.165, 1.54) is 23.0 Å². The molecule has 0 saturated heterocycles. The number of pyridine rings is 1. The lowest BCUT2D eigenvalue weighted by Gasteiger charge is -2.12. The van der Waals surface area contributed by atoms with Crippen molar-refractivity contribution in [3.63, 3.8) is 0 Å². The second-order valence-electron chi connectivity index (χ2n) is 5.51. The Kier molecular flexibility index (Phi) is 4.92. The lowest BCUT2D eigenvalue weighted by atomic mass is 10.1. The van der Waals surface area contributed by atoms with E-state index in [2.05, 4.69) is 30.7 Å². The van der Waals surface area contributed by atoms with E-state index in [0.717, 1.165) is 17.8 Å². The smallest absolute Gasteiger partial charge is 0.476 e. The number of halogens is 4. The van der Waals surface area contributed by atoms with Gasteiger partial charge >= 0.3 is 12.3 Å². The van der Waals surface area contributed by atoms with Crippen LogP contribution in [0.5, 0.6) is 5.75 Å². The Morgan fingerprint density at radius 2 is 1.96 bits per heavy atom. The molecule has 3 aromatic rings. The third kappa shape index (κ3) is 4.45. The fourth-order valence-electron chi connectivity index (χ4n) is 2.38. The van der Waals surface area contributed by atoms with Crippen LogP contribution in [0.25, 0.3) is 16.9 Å². The molecule has 1 N–H and O–H groups in total. The average molecular weight is 442 g/mol. The van der Waals surface area contributed by atoms with Crippen molar-refractivity contribution >= 4 is 21.9 Å². The van der Waals surface area contributed by atoms with Crippen molar-refractivity contribution in [1.29, 1.82) is 0 Å². The minimum absolute atomic E-state index is 0.260. The summed E-state index contributed by atoms with van der Waals surface area (Å²) in [5.41, 5.74) is 1.50. The molecule has 27 heavy (non-hydrogen) atoms. The van der Waals surface area contributed by atoms with Crippen LogP contribution >= 0.6 is 15.9 Å². The monoisotopic (exact) mass is 441 g/mol. The zero-order chi connectivity index (χ0) is 19.8. The van der Waals surface area contributed by atoms with E-state index in [4.69, 9.17) is 0 Å². The van der Waals surface area contributed by atoms with Crippen LogP contribution in [0.4, 0.5) is 13.2 Å². The Morgan fingerprint density at radius 3 is 2.56 bits per heavy atom. The number of aromatic nitrogens is 3. The van der Waals surface area contributed by atoms with Crippen molar-refractivity contribution in [2.24, 2.45) is 0 Å². The highest BCUT2D eigenvalue weighted by atomic mass is 79.9. The van der Waals surface area contributed by atoms with Gasteiger partial charge in [-0.3, -0.25) is 4.98 Å². The van der Waals surface area contributed by atoms with Gasteiger partial charge in [-0.15, -0.1) is 13.2 Å². The number of ether oxygens (including phenoxy) is 1. The number of hydrogen-bond acceptors (Lipinski definition) is 4. The molecule has 0 bridgehead atoms. The number of aromatic carboxylic acids is 1. The van der Waals surface area contributed by atoms with Gasteiger partial charge in [0, 0.05) is 15.7 Å². The predicted molar refractivity (Wildman–Crippen MR) is 92.9 cm³/mol. The van der Waals surface area contributed by atoms with E-state index in [1.807, 2.05) is 0 Å². The van der Waals surface area contributed by atoms with Gasteiger partial charge in [0.05, 0.1) is 17.6 Å². The topological polar surface area (TPSA) is 77.2 Å². The summed E-state index contributed by atoms with van der Waals surface area (Å²) in [7, 11) is 0. The van der Waals surface area contributed by atoms with Gasteiger partial charge in [0.1, 0.15) is 5.75 Å². The van der Waals surface area contributed by atoms with Crippen molar-refractivity contribution in [1.82, 2.24) is 14.8 Å². The highest BCUT2D eigenvalue weighted by Gasteiger charge is 2.31. The first kappa shape index (κ1) is 18.9. The molecule has 0 saturated carbocycles. The second-order valence-corrected chi connectivity index (χ2v) is 6.43. The van der Waals surface area contributed by atoms with Crippen molar-refractivity contribution in [3.8, 4) is 22.7 Å². The van der Waals surface area contributed by atoms with Crippen LogP contribution in [0.15, 0.2) is 47.1 Å². The van der Waals surface area contributed by atoms with Crippen LogP contribution in [0.2, 0.25) is 0 Å². The summed E-state index contributed by atoms with van der Waals surface area (Å²) in [6.07, 6.45) is -3.37. The Hall–Kier alpha value is -2.88. The molecule has 2 aromatic heterocycles. The highest BCUT2D eigenvalue weighted by Crippen LogP contribution is 2.33. The van der Waals surface area contributed by atoms with E-state index in [-0.39, 0.29) is 17.0 Å². The van der Waals surface area contributed by atoms with Gasteiger partial charge in [-0.1, -0.05) is 15.9 Å². The molecule has 0 aliphatic heterocycles. The molecule has 140 valence electrons. The van der Waals surface area contributed by atoms with Crippen molar-refractivity contribution in [3.05, 3.63) is 58.5 Å². The second kappa shape index (κ2) is 7.03. The summed E-state index contributed by atoms with van der Waals surface area (Å²) in [5.74, 6) is -1.71. The van der Waals surface area contributed by atoms with Crippen LogP contribution in [0.3, 0.4) is 0 Å². The Labute approximate surface area is 159 Å². The predicted octanol–water partition coefficient (Wildman–Crippen LogP) is 4.60. The van der Waals surface area contributed by atoms with Gasteiger partial charge in [-0.25, -0.2) is 9.48 Å². The summed E-state index contributed by atoms with van der Waals surface area (Å²) in [4.78, 5) is 15.5. The summed E-state index contributed by atoms with van der Waals surface area (Å²) >= 11 is 3.14. The highest BCUT2D eigenvalue weighted by molar-refractivity contribution is 9.10. The van der Waals surface area contributed by atoms with Crippen molar-refractivity contribution < 1.29 is 27.8 Å². The van der Waals surface area contributed by atoms with E-state index in [1.54, 1.807) is 19.1 Å². The van der Waals surface area contributed by atoms with Gasteiger partial charge < -0.3 is 9.84 Å². The minimum Gasteiger partial charge on any atom is -0.476 e. The van der Waals surface area contributed by atoms with Crippen molar-refractivity contribution in [2.75, 3.05) is 0 Å². The number of carboxylic acids is 1. The van der Waals surface area contributed by atoms with E-state index in [9.17, 15) is 23.1 Å². The standard InChI is InChI=1S/C17H11BrF3N3O3/c1-9-2-3-12(8-22-9)24-15(7-14(23-24)16(25)26)10-4-11(18)6-13(5-10)27-17(19,20)21/h2-8H,1H3,(H,25,26). The Balaban J connectivity index is 2.16. The summed E-state index contributed by atoms with van der Waals surface area (Å²) < 4.78 is 43.3. The Bertz CT molecular complexity index is 1000. The molecule has 0 atom stereocenters. The first-order chi connectivity index (χ1) is 12.6. The zero-order valence-electron chi connectivity index (χ0n) is 13.7. The molecule has 1 aromatic carbocycles. The molecule has 6 nitrogen and oxygen atoms in total. The molecule has 0 aliphatic rings. The zero-order valence-corrected chi connectivity index (χ0v) is 15.2. The molecule has 0 amide bonds. The van der Waals surface area contributed by atoms with Crippen molar-refractivity contribution in [2.45, 2.75) is 13.3 Å². The minimum atomic E-state index is -4.86. The number of alkyl halides is 3. The number of rotatable bonds is 4. The van der Waals surface area contributed by atoms with Crippen LogP contribution in [0.1, 0.15) is 16.2 Å². The number of nitrogens with zero attached hydrogens (tertiary/aromatic N) is 3. The molecular weight excluding hydrogens is 431 g/mol. The maximum Gasteiger partial charge on any atom is 0.573 e. The summed E-state index contributed by atoms with van der Waals surface area (Å²) in [5, 5.41) is 13.3. The maximum absolute atomic E-state index is 12.6. The number of hydrogen-bond donors (Lipinski definition) is 1. The molecule has 2 heterocycles. The van der Waals surface area contributed by atoms with E-state index < -0.39 is 18.1 Å².